The lowest BCUT2D eigenvalue weighted by Crippen LogP contribution is -1.95. The summed E-state index contributed by atoms with van der Waals surface area (Å²) >= 11 is 0. The Bertz CT molecular complexity index is 3080. The van der Waals surface area contributed by atoms with Gasteiger partial charge in [0.2, 0.25) is 0 Å². The molecule has 0 aliphatic carbocycles. The molecular formula is C44H25NO. The van der Waals surface area contributed by atoms with Crippen molar-refractivity contribution in [2.45, 2.75) is 0 Å². The van der Waals surface area contributed by atoms with Crippen LogP contribution in [0.3, 0.4) is 0 Å². The zero-order chi connectivity index (χ0) is 29.9. The number of nitrogens with zero attached hydrogens (tertiary/aromatic N) is 1. The average Bonchev–Trinajstić information content (AvgIpc) is 3.68. The van der Waals surface area contributed by atoms with E-state index in [1.54, 1.807) is 0 Å². The normalized spacial score (nSPS) is 12.3. The third-order valence-electron chi connectivity index (χ3n) is 10.1. The van der Waals surface area contributed by atoms with Gasteiger partial charge in [0.05, 0.1) is 11.0 Å². The molecule has 2 heteroatoms. The first kappa shape index (κ1) is 24.2. The van der Waals surface area contributed by atoms with E-state index in [9.17, 15) is 0 Å². The molecule has 0 amide bonds. The predicted molar refractivity (Wildman–Crippen MR) is 196 cm³/mol. The third-order valence-corrected chi connectivity index (χ3v) is 10.1. The van der Waals surface area contributed by atoms with Gasteiger partial charge in [-0.25, -0.2) is 0 Å². The van der Waals surface area contributed by atoms with Crippen molar-refractivity contribution in [1.82, 2.24) is 4.57 Å². The first-order valence-corrected chi connectivity index (χ1v) is 15.9. The first-order chi connectivity index (χ1) is 22.8. The van der Waals surface area contributed by atoms with Gasteiger partial charge in [0, 0.05) is 38.0 Å². The number of hydrogen-bond donors (Lipinski definition) is 0. The second-order valence-electron chi connectivity index (χ2n) is 12.4. The van der Waals surface area contributed by atoms with Crippen molar-refractivity contribution in [2.75, 3.05) is 0 Å². The highest BCUT2D eigenvalue weighted by molar-refractivity contribution is 6.44. The minimum absolute atomic E-state index is 0.907. The Balaban J connectivity index is 1.46. The highest BCUT2D eigenvalue weighted by atomic mass is 16.3. The number of benzene rings is 9. The lowest BCUT2D eigenvalue weighted by molar-refractivity contribution is 0.671. The van der Waals surface area contributed by atoms with Crippen molar-refractivity contribution in [3.63, 3.8) is 0 Å². The molecule has 0 aliphatic rings. The van der Waals surface area contributed by atoms with Crippen molar-refractivity contribution >= 4 is 97.6 Å². The van der Waals surface area contributed by atoms with Crippen molar-refractivity contribution in [3.05, 3.63) is 152 Å². The molecule has 0 saturated carbocycles. The molecular weight excluding hydrogens is 558 g/mol. The summed E-state index contributed by atoms with van der Waals surface area (Å²) < 4.78 is 9.41. The van der Waals surface area contributed by atoms with Gasteiger partial charge in [0.1, 0.15) is 5.58 Å². The van der Waals surface area contributed by atoms with E-state index in [4.69, 9.17) is 4.42 Å². The number of hydrogen-bond acceptors (Lipinski definition) is 1. The number of aromatic nitrogens is 1. The Labute approximate surface area is 263 Å². The maximum Gasteiger partial charge on any atom is 0.160 e. The zero-order valence-electron chi connectivity index (χ0n) is 24.8. The maximum atomic E-state index is 6.96. The standard InChI is InChI=1S/C44H25NO/c1-2-12-29-26(11-1)21-22-27-23-24-28(25-36(27)29)45-37-19-9-7-17-34(37)41-39-32-15-5-3-13-30(32)31-14-4-6-16-33(31)40(39)42-35-18-8-10-20-38(35)46-44(42)43(41)45/h1-25H. The molecule has 2 aromatic heterocycles. The van der Waals surface area contributed by atoms with E-state index in [1.807, 2.05) is 0 Å². The molecule has 0 atom stereocenters. The van der Waals surface area contributed by atoms with Crippen molar-refractivity contribution in [3.8, 4) is 5.69 Å². The largest absolute Gasteiger partial charge is 0.454 e. The van der Waals surface area contributed by atoms with Gasteiger partial charge >= 0.3 is 0 Å². The minimum atomic E-state index is 0.907. The Morgan fingerprint density at radius 2 is 0.913 bits per heavy atom. The van der Waals surface area contributed by atoms with E-state index in [-0.39, 0.29) is 0 Å². The molecule has 0 saturated heterocycles. The van der Waals surface area contributed by atoms with Crippen molar-refractivity contribution in [2.24, 2.45) is 0 Å². The van der Waals surface area contributed by atoms with Crippen molar-refractivity contribution in [1.29, 1.82) is 0 Å². The fourth-order valence-corrected chi connectivity index (χ4v) is 8.23. The summed E-state index contributed by atoms with van der Waals surface area (Å²) in [5.41, 5.74) is 5.24. The number of fused-ring (bicyclic) bond motifs is 18. The monoisotopic (exact) mass is 583 g/mol. The van der Waals surface area contributed by atoms with Crippen LogP contribution in [-0.4, -0.2) is 4.57 Å². The topological polar surface area (TPSA) is 18.1 Å². The summed E-state index contributed by atoms with van der Waals surface area (Å²) in [6.07, 6.45) is 0. The highest BCUT2D eigenvalue weighted by Crippen LogP contribution is 2.50. The summed E-state index contributed by atoms with van der Waals surface area (Å²) in [5.74, 6) is 0. The average molecular weight is 584 g/mol. The lowest BCUT2D eigenvalue weighted by atomic mass is 9.89. The summed E-state index contributed by atoms with van der Waals surface area (Å²) in [5, 5.41) is 17.4. The quantitative estimate of drug-likeness (QED) is 0.176. The maximum absolute atomic E-state index is 6.96. The summed E-state index contributed by atoms with van der Waals surface area (Å²) in [4.78, 5) is 0. The Morgan fingerprint density at radius 3 is 1.67 bits per heavy atom. The lowest BCUT2D eigenvalue weighted by Gasteiger charge is -2.14. The van der Waals surface area contributed by atoms with Crippen LogP contribution >= 0.6 is 0 Å². The molecule has 0 N–H and O–H groups in total. The van der Waals surface area contributed by atoms with Crippen LogP contribution in [0, 0.1) is 0 Å². The van der Waals surface area contributed by atoms with Crippen LogP contribution in [-0.2, 0) is 0 Å². The van der Waals surface area contributed by atoms with Crippen molar-refractivity contribution < 1.29 is 4.42 Å². The molecule has 9 aromatic carbocycles. The minimum Gasteiger partial charge on any atom is -0.454 e. The van der Waals surface area contributed by atoms with Gasteiger partial charge in [-0.3, -0.25) is 0 Å². The second-order valence-corrected chi connectivity index (χ2v) is 12.4. The summed E-state index contributed by atoms with van der Waals surface area (Å²) in [7, 11) is 0. The molecule has 46 heavy (non-hydrogen) atoms. The van der Waals surface area contributed by atoms with Gasteiger partial charge in [0.25, 0.3) is 0 Å². The van der Waals surface area contributed by atoms with Crippen LogP contribution in [0.2, 0.25) is 0 Å². The van der Waals surface area contributed by atoms with Crippen LogP contribution < -0.4 is 0 Å². The zero-order valence-corrected chi connectivity index (χ0v) is 24.8. The molecule has 0 spiro atoms. The molecule has 0 bridgehead atoms. The number of rotatable bonds is 1. The van der Waals surface area contributed by atoms with E-state index in [1.165, 1.54) is 75.5 Å². The Hall–Kier alpha value is -6.12. The molecule has 0 unspecified atom stereocenters. The number of furan rings is 1. The van der Waals surface area contributed by atoms with Gasteiger partial charge in [-0.2, -0.15) is 0 Å². The third kappa shape index (κ3) is 3.01. The van der Waals surface area contributed by atoms with Crippen LogP contribution in [0.4, 0.5) is 0 Å². The van der Waals surface area contributed by atoms with Crippen LogP contribution in [0.5, 0.6) is 0 Å². The molecule has 11 aromatic rings. The molecule has 0 fully saturated rings. The van der Waals surface area contributed by atoms with Crippen LogP contribution in [0.25, 0.3) is 103 Å². The Morgan fingerprint density at radius 1 is 0.370 bits per heavy atom. The first-order valence-electron chi connectivity index (χ1n) is 15.9. The van der Waals surface area contributed by atoms with E-state index in [2.05, 4.69) is 156 Å². The van der Waals surface area contributed by atoms with Gasteiger partial charge in [-0.15, -0.1) is 0 Å². The van der Waals surface area contributed by atoms with E-state index in [0.29, 0.717) is 0 Å². The molecule has 0 aliphatic heterocycles. The van der Waals surface area contributed by atoms with Crippen LogP contribution in [0.15, 0.2) is 156 Å². The Kier molecular flexibility index (Phi) is 4.61. The smallest absolute Gasteiger partial charge is 0.160 e. The molecule has 212 valence electrons. The van der Waals surface area contributed by atoms with Gasteiger partial charge < -0.3 is 8.98 Å². The molecule has 0 radical (unpaired) electrons. The second kappa shape index (κ2) is 8.74. The van der Waals surface area contributed by atoms with Gasteiger partial charge in [-0.05, 0) is 67.4 Å². The molecule has 2 heterocycles. The molecule has 2 nitrogen and oxygen atoms in total. The highest BCUT2D eigenvalue weighted by Gasteiger charge is 2.25. The summed E-state index contributed by atoms with van der Waals surface area (Å²) in [6.45, 7) is 0. The van der Waals surface area contributed by atoms with Gasteiger partial charge in [0.15, 0.2) is 5.58 Å². The van der Waals surface area contributed by atoms with E-state index in [0.717, 1.165) is 27.8 Å². The van der Waals surface area contributed by atoms with Crippen LogP contribution in [0.1, 0.15) is 0 Å². The van der Waals surface area contributed by atoms with E-state index >= 15 is 0 Å². The van der Waals surface area contributed by atoms with E-state index < -0.39 is 0 Å². The predicted octanol–water partition coefficient (Wildman–Crippen LogP) is 12.4. The molecule has 11 rings (SSSR count). The number of para-hydroxylation sites is 2. The van der Waals surface area contributed by atoms with Gasteiger partial charge in [-0.1, -0.05) is 127 Å². The fourth-order valence-electron chi connectivity index (χ4n) is 8.23. The SMILES string of the molecule is c1ccc2c(c1)ccc1ccc(-n3c4ccccc4c4c5c6ccccc6c6ccccc6c5c5c6ccccc6oc5c43)cc12. The summed E-state index contributed by atoms with van der Waals surface area (Å²) in [6, 6.07) is 55.1. The fraction of sp³-hybridized carbons (Fsp3) is 0.